The van der Waals surface area contributed by atoms with E-state index in [0.717, 1.165) is 25.7 Å². The average Bonchev–Trinajstić information content (AvgIpc) is 2.88. The minimum atomic E-state index is -0.337. The Morgan fingerprint density at radius 1 is 0.950 bits per heavy atom. The van der Waals surface area contributed by atoms with Crippen LogP contribution in [-0.2, 0) is 19.2 Å². The van der Waals surface area contributed by atoms with Gasteiger partial charge in [0.15, 0.2) is 0 Å². The zero-order valence-electron chi connectivity index (χ0n) is 11.3. The molecule has 6 nitrogen and oxygen atoms in total. The number of imide groups is 2. The van der Waals surface area contributed by atoms with Gasteiger partial charge in [-0.2, -0.15) is 0 Å². The molecule has 1 fully saturated rings. The maximum atomic E-state index is 11.4. The van der Waals surface area contributed by atoms with Gasteiger partial charge in [0.05, 0.1) is 0 Å². The van der Waals surface area contributed by atoms with E-state index in [2.05, 4.69) is 5.32 Å². The van der Waals surface area contributed by atoms with Crippen LogP contribution < -0.4 is 5.32 Å². The van der Waals surface area contributed by atoms with Gasteiger partial charge in [-0.1, -0.05) is 12.8 Å². The SMILES string of the molecule is O=C1C=C(CCCCCCN2C(=O)CCC2=O)C(=O)N1. The number of unbranched alkanes of at least 4 members (excludes halogenated alkanes) is 3. The average molecular weight is 278 g/mol. The van der Waals surface area contributed by atoms with Crippen molar-refractivity contribution in [3.63, 3.8) is 0 Å². The molecule has 6 heteroatoms. The summed E-state index contributed by atoms with van der Waals surface area (Å²) in [6.07, 6.45) is 6.07. The van der Waals surface area contributed by atoms with Gasteiger partial charge in [0.25, 0.3) is 11.8 Å². The van der Waals surface area contributed by atoms with Crippen molar-refractivity contribution in [2.75, 3.05) is 6.54 Å². The van der Waals surface area contributed by atoms with Crippen molar-refractivity contribution >= 4 is 23.6 Å². The maximum Gasteiger partial charge on any atom is 0.254 e. The number of nitrogens with one attached hydrogen (secondary N) is 1. The van der Waals surface area contributed by atoms with Gasteiger partial charge in [0.1, 0.15) is 0 Å². The number of amides is 4. The van der Waals surface area contributed by atoms with Crippen molar-refractivity contribution in [1.29, 1.82) is 0 Å². The summed E-state index contributed by atoms with van der Waals surface area (Å²) in [4.78, 5) is 46.3. The van der Waals surface area contributed by atoms with Gasteiger partial charge in [0, 0.05) is 31.0 Å². The zero-order valence-corrected chi connectivity index (χ0v) is 11.3. The summed E-state index contributed by atoms with van der Waals surface area (Å²) in [7, 11) is 0. The predicted octanol–water partition coefficient (Wildman–Crippen LogP) is 0.669. The molecule has 0 aromatic carbocycles. The quantitative estimate of drug-likeness (QED) is 0.548. The molecular formula is C14H18N2O4. The minimum Gasteiger partial charge on any atom is -0.289 e. The fraction of sp³-hybridized carbons (Fsp3) is 0.571. The van der Waals surface area contributed by atoms with Crippen LogP contribution in [0.25, 0.3) is 0 Å². The van der Waals surface area contributed by atoms with Gasteiger partial charge in [-0.05, 0) is 19.3 Å². The molecule has 0 atom stereocenters. The maximum absolute atomic E-state index is 11.4. The van der Waals surface area contributed by atoms with E-state index in [9.17, 15) is 19.2 Å². The van der Waals surface area contributed by atoms with Gasteiger partial charge in [-0.15, -0.1) is 0 Å². The largest absolute Gasteiger partial charge is 0.289 e. The Balaban J connectivity index is 1.57. The molecule has 2 aliphatic rings. The first kappa shape index (κ1) is 14.4. The third kappa shape index (κ3) is 3.53. The number of hydrogen-bond donors (Lipinski definition) is 1. The Labute approximate surface area is 117 Å². The Kier molecular flexibility index (Phi) is 4.65. The van der Waals surface area contributed by atoms with Crippen LogP contribution in [0.4, 0.5) is 0 Å². The molecule has 2 aliphatic heterocycles. The molecule has 2 rings (SSSR count). The smallest absolute Gasteiger partial charge is 0.254 e. The van der Waals surface area contributed by atoms with Gasteiger partial charge >= 0.3 is 0 Å². The van der Waals surface area contributed by atoms with Gasteiger partial charge in [-0.25, -0.2) is 0 Å². The highest BCUT2D eigenvalue weighted by Crippen LogP contribution is 2.15. The molecule has 1 saturated heterocycles. The molecule has 4 amide bonds. The molecule has 1 N–H and O–H groups in total. The topological polar surface area (TPSA) is 83.6 Å². The van der Waals surface area contributed by atoms with Crippen molar-refractivity contribution in [2.45, 2.75) is 44.9 Å². The molecule has 0 unspecified atom stereocenters. The van der Waals surface area contributed by atoms with Crippen molar-refractivity contribution in [1.82, 2.24) is 10.2 Å². The van der Waals surface area contributed by atoms with Gasteiger partial charge < -0.3 is 0 Å². The molecule has 0 spiro atoms. The van der Waals surface area contributed by atoms with Gasteiger partial charge in [-0.3, -0.25) is 29.4 Å². The highest BCUT2D eigenvalue weighted by Gasteiger charge is 2.27. The van der Waals surface area contributed by atoms with E-state index >= 15 is 0 Å². The normalized spacial score (nSPS) is 18.8. The minimum absolute atomic E-state index is 0.0682. The van der Waals surface area contributed by atoms with Crippen molar-refractivity contribution in [2.24, 2.45) is 0 Å². The van der Waals surface area contributed by atoms with Gasteiger partial charge in [0.2, 0.25) is 11.8 Å². The zero-order chi connectivity index (χ0) is 14.5. The summed E-state index contributed by atoms with van der Waals surface area (Å²) >= 11 is 0. The van der Waals surface area contributed by atoms with E-state index in [1.807, 2.05) is 0 Å². The standard InChI is InChI=1S/C14H18N2O4/c17-11-9-10(14(20)15-11)5-3-1-2-4-8-16-12(18)6-7-13(16)19/h9H,1-8H2,(H,15,17,20). The van der Waals surface area contributed by atoms with Crippen LogP contribution in [0.5, 0.6) is 0 Å². The summed E-state index contributed by atoms with van der Waals surface area (Å²) in [5.74, 6) is -0.762. The predicted molar refractivity (Wildman–Crippen MR) is 70.3 cm³/mol. The lowest BCUT2D eigenvalue weighted by atomic mass is 10.1. The first-order chi connectivity index (χ1) is 9.58. The summed E-state index contributed by atoms with van der Waals surface area (Å²) < 4.78 is 0. The van der Waals surface area contributed by atoms with Crippen LogP contribution in [0.1, 0.15) is 44.9 Å². The molecule has 20 heavy (non-hydrogen) atoms. The lowest BCUT2D eigenvalue weighted by Gasteiger charge is -2.12. The first-order valence-electron chi connectivity index (χ1n) is 6.97. The van der Waals surface area contributed by atoms with E-state index in [4.69, 9.17) is 0 Å². The first-order valence-corrected chi connectivity index (χ1v) is 6.97. The lowest BCUT2D eigenvalue weighted by molar-refractivity contribution is -0.138. The van der Waals surface area contributed by atoms with Crippen LogP contribution in [0.2, 0.25) is 0 Å². The Hall–Kier alpha value is -1.98. The second-order valence-electron chi connectivity index (χ2n) is 5.09. The molecule has 0 aliphatic carbocycles. The van der Waals surface area contributed by atoms with Crippen LogP contribution in [-0.4, -0.2) is 35.1 Å². The molecule has 2 heterocycles. The third-order valence-electron chi connectivity index (χ3n) is 3.57. The summed E-state index contributed by atoms with van der Waals surface area (Å²) in [5.41, 5.74) is 0.542. The van der Waals surface area contributed by atoms with Crippen LogP contribution in [0.15, 0.2) is 11.6 Å². The van der Waals surface area contributed by atoms with Crippen LogP contribution in [0, 0.1) is 0 Å². The Bertz CT molecular complexity index is 466. The van der Waals surface area contributed by atoms with E-state index in [-0.39, 0.29) is 23.6 Å². The Morgan fingerprint density at radius 3 is 2.20 bits per heavy atom. The molecular weight excluding hydrogens is 260 g/mol. The summed E-state index contributed by atoms with van der Waals surface area (Å²) in [6.45, 7) is 0.499. The van der Waals surface area contributed by atoms with E-state index in [1.54, 1.807) is 0 Å². The Morgan fingerprint density at radius 2 is 1.60 bits per heavy atom. The molecule has 0 aromatic heterocycles. The second-order valence-corrected chi connectivity index (χ2v) is 5.09. The molecule has 0 radical (unpaired) electrons. The van der Waals surface area contributed by atoms with E-state index in [1.165, 1.54) is 11.0 Å². The van der Waals surface area contributed by atoms with Crippen molar-refractivity contribution in [3.05, 3.63) is 11.6 Å². The van der Waals surface area contributed by atoms with Crippen molar-refractivity contribution < 1.29 is 19.2 Å². The molecule has 0 saturated carbocycles. The van der Waals surface area contributed by atoms with Crippen LogP contribution in [0.3, 0.4) is 0 Å². The summed E-state index contributed by atoms with van der Waals surface area (Å²) in [5, 5.41) is 2.21. The number of carbonyl (C=O) groups excluding carboxylic acids is 4. The fourth-order valence-electron chi connectivity index (χ4n) is 2.45. The highest BCUT2D eigenvalue weighted by molar-refractivity contribution is 6.16. The number of rotatable bonds is 7. The molecule has 0 aromatic rings. The highest BCUT2D eigenvalue weighted by atomic mass is 16.2. The lowest BCUT2D eigenvalue weighted by Crippen LogP contribution is -2.29. The fourth-order valence-corrected chi connectivity index (χ4v) is 2.45. The van der Waals surface area contributed by atoms with Crippen LogP contribution >= 0.6 is 0 Å². The number of nitrogens with zero attached hydrogens (tertiary/aromatic N) is 1. The van der Waals surface area contributed by atoms with E-state index < -0.39 is 0 Å². The number of hydrogen-bond acceptors (Lipinski definition) is 4. The second kappa shape index (κ2) is 6.45. The van der Waals surface area contributed by atoms with Crippen molar-refractivity contribution in [3.8, 4) is 0 Å². The third-order valence-corrected chi connectivity index (χ3v) is 3.57. The van der Waals surface area contributed by atoms with E-state index in [0.29, 0.717) is 31.4 Å². The molecule has 108 valence electrons. The summed E-state index contributed by atoms with van der Waals surface area (Å²) in [6, 6.07) is 0. The monoisotopic (exact) mass is 278 g/mol. The number of carbonyl (C=O) groups is 4. The molecule has 0 bridgehead atoms. The number of likely N-dealkylation sites (tertiary alicyclic amines) is 1.